The lowest BCUT2D eigenvalue weighted by Crippen LogP contribution is -2.44. The summed E-state index contributed by atoms with van der Waals surface area (Å²) in [6.07, 6.45) is 11.0. The number of carboxylic acids is 1. The molecule has 0 aromatic carbocycles. The van der Waals surface area contributed by atoms with E-state index >= 15 is 0 Å². The molecule has 0 aromatic rings. The fraction of sp³-hybridized carbons (Fsp3) is 0.722. The summed E-state index contributed by atoms with van der Waals surface area (Å²) in [5, 5.41) is 9.03. The van der Waals surface area contributed by atoms with Crippen molar-refractivity contribution in [3.8, 4) is 0 Å². The molecule has 0 bridgehead atoms. The molecule has 1 rings (SSSR count). The van der Waals surface area contributed by atoms with Crippen LogP contribution in [0.1, 0.15) is 59.3 Å². The summed E-state index contributed by atoms with van der Waals surface area (Å²) in [7, 11) is 1.61. The molecule has 23 heavy (non-hydrogen) atoms. The van der Waals surface area contributed by atoms with Crippen molar-refractivity contribution in [3.05, 3.63) is 23.8 Å². The van der Waals surface area contributed by atoms with Gasteiger partial charge >= 0.3 is 5.97 Å². The zero-order chi connectivity index (χ0) is 17.3. The first-order chi connectivity index (χ1) is 10.9. The highest BCUT2D eigenvalue weighted by Gasteiger charge is 2.40. The van der Waals surface area contributed by atoms with Crippen molar-refractivity contribution in [2.75, 3.05) is 7.11 Å². The Morgan fingerprint density at radius 2 is 2.26 bits per heavy atom. The standard InChI is InChI=1S/C18H30O5/c1-5-9-14(2)10-7-6-8-12-18(21-4)13-11-16(22-23-18)15(3)17(19)20/h7,9-10,15-16H,5-6,8,11-13H2,1-4H3,(H,19,20)/b10-7+,14-9-/t15-,16+,18-/m1/s1. The maximum atomic E-state index is 11.0. The zero-order valence-corrected chi connectivity index (χ0v) is 14.7. The van der Waals surface area contributed by atoms with Gasteiger partial charge in [-0.2, -0.15) is 0 Å². The third-order valence-electron chi connectivity index (χ3n) is 4.29. The van der Waals surface area contributed by atoms with Crippen molar-refractivity contribution >= 4 is 5.97 Å². The first-order valence-corrected chi connectivity index (χ1v) is 8.40. The van der Waals surface area contributed by atoms with Gasteiger partial charge in [-0.15, -0.1) is 0 Å². The van der Waals surface area contributed by atoms with Crippen LogP contribution in [0.4, 0.5) is 0 Å². The van der Waals surface area contributed by atoms with Gasteiger partial charge in [0, 0.05) is 20.0 Å². The molecule has 1 N–H and O–H groups in total. The lowest BCUT2D eigenvalue weighted by Gasteiger charge is -2.38. The van der Waals surface area contributed by atoms with Crippen molar-refractivity contribution in [2.24, 2.45) is 5.92 Å². The Morgan fingerprint density at radius 1 is 1.52 bits per heavy atom. The Balaban J connectivity index is 2.40. The molecule has 0 aliphatic carbocycles. The summed E-state index contributed by atoms with van der Waals surface area (Å²) in [5.74, 6) is -2.21. The number of methoxy groups -OCH3 is 1. The number of hydrogen-bond acceptors (Lipinski definition) is 4. The number of allylic oxidation sites excluding steroid dienone is 4. The van der Waals surface area contributed by atoms with Crippen LogP contribution in [0.15, 0.2) is 23.8 Å². The molecule has 5 heteroatoms. The number of unbranched alkanes of at least 4 members (excludes halogenated alkanes) is 1. The van der Waals surface area contributed by atoms with Crippen LogP contribution in [-0.2, 0) is 19.3 Å². The number of carboxylic acid groups (broad SMARTS) is 1. The van der Waals surface area contributed by atoms with E-state index in [1.165, 1.54) is 5.57 Å². The summed E-state index contributed by atoms with van der Waals surface area (Å²) in [5.41, 5.74) is 1.27. The molecule has 0 aromatic heterocycles. The molecule has 0 radical (unpaired) electrons. The second kappa shape index (κ2) is 9.85. The molecule has 0 saturated carbocycles. The molecule has 1 aliphatic rings. The molecule has 1 heterocycles. The third-order valence-corrected chi connectivity index (χ3v) is 4.29. The van der Waals surface area contributed by atoms with Crippen LogP contribution in [0.5, 0.6) is 0 Å². The minimum Gasteiger partial charge on any atom is -0.481 e. The van der Waals surface area contributed by atoms with Gasteiger partial charge < -0.3 is 9.84 Å². The molecule has 1 saturated heterocycles. The van der Waals surface area contributed by atoms with Crippen molar-refractivity contribution < 1.29 is 24.4 Å². The van der Waals surface area contributed by atoms with Crippen molar-refractivity contribution in [2.45, 2.75) is 71.2 Å². The molecule has 0 amide bonds. The molecule has 3 atom stereocenters. The molecule has 1 fully saturated rings. The van der Waals surface area contributed by atoms with E-state index < -0.39 is 23.8 Å². The Labute approximate surface area is 139 Å². The summed E-state index contributed by atoms with van der Waals surface area (Å²) in [6.45, 7) is 5.85. The minimum atomic E-state index is -0.871. The van der Waals surface area contributed by atoms with E-state index in [-0.39, 0.29) is 0 Å². The van der Waals surface area contributed by atoms with E-state index in [1.807, 2.05) is 0 Å². The van der Waals surface area contributed by atoms with Crippen LogP contribution in [-0.4, -0.2) is 30.1 Å². The average Bonchev–Trinajstić information content (AvgIpc) is 2.54. The van der Waals surface area contributed by atoms with Gasteiger partial charge in [0.15, 0.2) is 0 Å². The van der Waals surface area contributed by atoms with Crippen LogP contribution in [0.2, 0.25) is 0 Å². The predicted octanol–water partition coefficient (Wildman–Crippen LogP) is 4.24. The molecular formula is C18H30O5. The van der Waals surface area contributed by atoms with E-state index in [2.05, 4.69) is 32.1 Å². The quantitative estimate of drug-likeness (QED) is 0.390. The van der Waals surface area contributed by atoms with Gasteiger partial charge in [0.25, 0.3) is 0 Å². The lowest BCUT2D eigenvalue weighted by molar-refractivity contribution is -0.469. The highest BCUT2D eigenvalue weighted by atomic mass is 17.2. The van der Waals surface area contributed by atoms with Gasteiger partial charge in [-0.05, 0) is 39.5 Å². The molecule has 0 unspecified atom stereocenters. The van der Waals surface area contributed by atoms with Gasteiger partial charge in [-0.25, -0.2) is 9.78 Å². The SMILES string of the molecule is CC/C=C(C)\C=C\CCC[C@]1(OC)CC[C@@H]([C@@H](C)C(=O)O)OO1. The van der Waals surface area contributed by atoms with Crippen LogP contribution >= 0.6 is 0 Å². The topological polar surface area (TPSA) is 65.0 Å². The lowest BCUT2D eigenvalue weighted by atomic mass is 9.94. The van der Waals surface area contributed by atoms with Gasteiger partial charge in [-0.3, -0.25) is 4.79 Å². The normalized spacial score (nSPS) is 27.3. The number of carbonyl (C=O) groups is 1. The van der Waals surface area contributed by atoms with E-state index in [9.17, 15) is 4.79 Å². The van der Waals surface area contributed by atoms with Crippen molar-refractivity contribution in [3.63, 3.8) is 0 Å². The number of aliphatic carboxylic acids is 1. The second-order valence-electron chi connectivity index (χ2n) is 6.15. The average molecular weight is 326 g/mol. The first-order valence-electron chi connectivity index (χ1n) is 8.40. The van der Waals surface area contributed by atoms with Crippen LogP contribution < -0.4 is 0 Å². The van der Waals surface area contributed by atoms with Gasteiger partial charge in [0.1, 0.15) is 6.10 Å². The fourth-order valence-corrected chi connectivity index (χ4v) is 2.65. The van der Waals surface area contributed by atoms with Gasteiger partial charge in [0.05, 0.1) is 5.92 Å². The molecular weight excluding hydrogens is 296 g/mol. The molecule has 132 valence electrons. The monoisotopic (exact) mass is 326 g/mol. The third kappa shape index (κ3) is 6.45. The smallest absolute Gasteiger partial charge is 0.308 e. The fourth-order valence-electron chi connectivity index (χ4n) is 2.65. The van der Waals surface area contributed by atoms with Crippen LogP contribution in [0, 0.1) is 5.92 Å². The zero-order valence-electron chi connectivity index (χ0n) is 14.7. The molecule has 1 aliphatic heterocycles. The first kappa shape index (κ1) is 19.9. The second-order valence-corrected chi connectivity index (χ2v) is 6.15. The highest BCUT2D eigenvalue weighted by molar-refractivity contribution is 5.70. The van der Waals surface area contributed by atoms with E-state index in [0.717, 1.165) is 25.7 Å². The van der Waals surface area contributed by atoms with Crippen molar-refractivity contribution in [1.82, 2.24) is 0 Å². The van der Waals surface area contributed by atoms with Gasteiger partial charge in [0.2, 0.25) is 5.79 Å². The molecule has 0 spiro atoms. The largest absolute Gasteiger partial charge is 0.481 e. The van der Waals surface area contributed by atoms with Crippen LogP contribution in [0.25, 0.3) is 0 Å². The predicted molar refractivity (Wildman–Crippen MR) is 88.8 cm³/mol. The van der Waals surface area contributed by atoms with E-state index in [4.69, 9.17) is 19.6 Å². The summed E-state index contributed by atoms with van der Waals surface area (Å²) < 4.78 is 5.50. The number of hydrogen-bond donors (Lipinski definition) is 1. The van der Waals surface area contributed by atoms with E-state index in [1.54, 1.807) is 14.0 Å². The maximum Gasteiger partial charge on any atom is 0.308 e. The summed E-state index contributed by atoms with van der Waals surface area (Å²) in [4.78, 5) is 21.7. The van der Waals surface area contributed by atoms with Crippen LogP contribution in [0.3, 0.4) is 0 Å². The number of ether oxygens (including phenoxy) is 1. The van der Waals surface area contributed by atoms with Gasteiger partial charge in [-0.1, -0.05) is 30.7 Å². The van der Waals surface area contributed by atoms with Crippen molar-refractivity contribution in [1.29, 1.82) is 0 Å². The van der Waals surface area contributed by atoms with E-state index in [0.29, 0.717) is 12.8 Å². The highest BCUT2D eigenvalue weighted by Crippen LogP contribution is 2.34. The summed E-state index contributed by atoms with van der Waals surface area (Å²) in [6, 6.07) is 0. The Kier molecular flexibility index (Phi) is 8.52. The minimum absolute atomic E-state index is 0.419. The maximum absolute atomic E-state index is 11.0. The number of rotatable bonds is 9. The Morgan fingerprint density at radius 3 is 2.78 bits per heavy atom. The molecule has 5 nitrogen and oxygen atoms in total. The Bertz CT molecular complexity index is 419. The Hall–Kier alpha value is -1.17. The summed E-state index contributed by atoms with van der Waals surface area (Å²) >= 11 is 0.